The number of aromatic nitrogens is 3. The topological polar surface area (TPSA) is 43.1 Å². The van der Waals surface area contributed by atoms with E-state index in [1.165, 1.54) is 0 Å². The molecule has 1 aliphatic rings. The minimum atomic E-state index is 0.0592. The van der Waals surface area contributed by atoms with E-state index in [2.05, 4.69) is 21.7 Å². The van der Waals surface area contributed by atoms with Crippen molar-refractivity contribution in [3.63, 3.8) is 0 Å². The maximum atomic E-state index is 12.9. The van der Waals surface area contributed by atoms with E-state index < -0.39 is 0 Å². The van der Waals surface area contributed by atoms with Crippen LogP contribution in [0.1, 0.15) is 22.5 Å². The van der Waals surface area contributed by atoms with Gasteiger partial charge in [-0.15, -0.1) is 0 Å². The first kappa shape index (κ1) is 17.3. The zero-order valence-electron chi connectivity index (χ0n) is 15.4. The van der Waals surface area contributed by atoms with Crippen LogP contribution in [0.4, 0.5) is 0 Å². The van der Waals surface area contributed by atoms with Gasteiger partial charge in [0.2, 0.25) is 0 Å². The van der Waals surface area contributed by atoms with Gasteiger partial charge >= 0.3 is 0 Å². The quantitative estimate of drug-likeness (QED) is 0.673. The molecule has 3 aromatic rings. The highest BCUT2D eigenvalue weighted by molar-refractivity contribution is 5.29. The van der Waals surface area contributed by atoms with E-state index in [0.717, 1.165) is 35.5 Å². The van der Waals surface area contributed by atoms with Gasteiger partial charge in [0.15, 0.2) is 0 Å². The summed E-state index contributed by atoms with van der Waals surface area (Å²) in [6, 6.07) is 14.0. The summed E-state index contributed by atoms with van der Waals surface area (Å²) in [5.74, 6) is 6.42. The number of benzene rings is 1. The van der Waals surface area contributed by atoms with Gasteiger partial charge in [-0.2, -0.15) is 0 Å². The van der Waals surface area contributed by atoms with Crippen LogP contribution >= 0.6 is 0 Å². The van der Waals surface area contributed by atoms with Crippen LogP contribution in [-0.4, -0.2) is 32.1 Å². The molecule has 136 valence electrons. The Morgan fingerprint density at radius 3 is 2.78 bits per heavy atom. The first-order valence-corrected chi connectivity index (χ1v) is 9.14. The molecule has 27 heavy (non-hydrogen) atoms. The summed E-state index contributed by atoms with van der Waals surface area (Å²) < 4.78 is 3.71. The van der Waals surface area contributed by atoms with Crippen molar-refractivity contribution in [1.82, 2.24) is 19.0 Å². The van der Waals surface area contributed by atoms with Crippen molar-refractivity contribution < 1.29 is 0 Å². The Kier molecular flexibility index (Phi) is 4.91. The molecule has 3 heterocycles. The molecule has 0 unspecified atom stereocenters. The Labute approximate surface area is 158 Å². The Bertz CT molecular complexity index is 1050. The molecular weight excluding hydrogens is 336 g/mol. The first-order chi connectivity index (χ1) is 13.2. The highest BCUT2D eigenvalue weighted by atomic mass is 16.1. The van der Waals surface area contributed by atoms with E-state index in [0.29, 0.717) is 19.6 Å². The Hall–Kier alpha value is -3.10. The molecule has 0 amide bonds. The van der Waals surface area contributed by atoms with Gasteiger partial charge in [0.1, 0.15) is 0 Å². The van der Waals surface area contributed by atoms with Crippen LogP contribution in [0.3, 0.4) is 0 Å². The van der Waals surface area contributed by atoms with Crippen LogP contribution in [0.5, 0.6) is 0 Å². The fourth-order valence-electron chi connectivity index (χ4n) is 3.37. The smallest absolute Gasteiger partial charge is 0.258 e. The van der Waals surface area contributed by atoms with Crippen molar-refractivity contribution in [3.05, 3.63) is 87.9 Å². The number of nitrogens with zero attached hydrogens (tertiary/aromatic N) is 4. The van der Waals surface area contributed by atoms with Crippen LogP contribution in [0.25, 0.3) is 0 Å². The number of hydrogen-bond donors (Lipinski definition) is 0. The number of aryl methyl sites for hydroxylation is 1. The molecule has 5 nitrogen and oxygen atoms in total. The molecule has 0 saturated heterocycles. The highest BCUT2D eigenvalue weighted by Crippen LogP contribution is 2.13. The van der Waals surface area contributed by atoms with Gasteiger partial charge in [0, 0.05) is 32.8 Å². The SMILES string of the molecule is Cn1cccc1C#CCN1CCc2ncn(Cc3ccccc3)c(=O)c2C1. The van der Waals surface area contributed by atoms with Gasteiger partial charge < -0.3 is 4.57 Å². The predicted molar refractivity (Wildman–Crippen MR) is 105 cm³/mol. The molecule has 2 aromatic heterocycles. The first-order valence-electron chi connectivity index (χ1n) is 9.14. The van der Waals surface area contributed by atoms with E-state index in [-0.39, 0.29) is 5.56 Å². The zero-order valence-corrected chi connectivity index (χ0v) is 15.4. The van der Waals surface area contributed by atoms with Crippen LogP contribution in [-0.2, 0) is 26.6 Å². The van der Waals surface area contributed by atoms with Crippen LogP contribution in [0, 0.1) is 11.8 Å². The second kappa shape index (κ2) is 7.65. The van der Waals surface area contributed by atoms with Gasteiger partial charge in [-0.05, 0) is 23.6 Å². The van der Waals surface area contributed by atoms with Gasteiger partial charge in [-0.3, -0.25) is 14.3 Å². The Balaban J connectivity index is 1.50. The molecule has 5 heteroatoms. The zero-order chi connectivity index (χ0) is 18.6. The summed E-state index contributed by atoms with van der Waals surface area (Å²) >= 11 is 0. The molecule has 0 radical (unpaired) electrons. The molecular formula is C22H22N4O. The molecule has 4 rings (SSSR count). The molecule has 0 fully saturated rings. The van der Waals surface area contributed by atoms with Crippen molar-refractivity contribution >= 4 is 0 Å². The second-order valence-corrected chi connectivity index (χ2v) is 6.86. The minimum absolute atomic E-state index is 0.0592. The summed E-state index contributed by atoms with van der Waals surface area (Å²) in [6.45, 7) is 2.69. The lowest BCUT2D eigenvalue weighted by Crippen LogP contribution is -2.38. The molecule has 0 N–H and O–H groups in total. The molecule has 0 bridgehead atoms. The van der Waals surface area contributed by atoms with Crippen LogP contribution in [0.2, 0.25) is 0 Å². The number of fused-ring (bicyclic) bond motifs is 1. The molecule has 0 saturated carbocycles. The largest absolute Gasteiger partial charge is 0.344 e. The summed E-state index contributed by atoms with van der Waals surface area (Å²) in [6.07, 6.45) is 4.46. The fourth-order valence-corrected chi connectivity index (χ4v) is 3.37. The highest BCUT2D eigenvalue weighted by Gasteiger charge is 2.20. The second-order valence-electron chi connectivity index (χ2n) is 6.86. The summed E-state index contributed by atoms with van der Waals surface area (Å²) in [4.78, 5) is 19.7. The molecule has 1 aliphatic heterocycles. The molecule has 0 aliphatic carbocycles. The van der Waals surface area contributed by atoms with E-state index in [4.69, 9.17) is 0 Å². The lowest BCUT2D eigenvalue weighted by molar-refractivity contribution is 0.280. The van der Waals surface area contributed by atoms with E-state index in [1.807, 2.05) is 60.3 Å². The maximum absolute atomic E-state index is 12.9. The van der Waals surface area contributed by atoms with Gasteiger partial charge in [-0.25, -0.2) is 4.98 Å². The lowest BCUT2D eigenvalue weighted by Gasteiger charge is -2.26. The predicted octanol–water partition coefficient (Wildman–Crippen LogP) is 2.04. The van der Waals surface area contributed by atoms with Gasteiger partial charge in [0.05, 0.1) is 36.4 Å². The summed E-state index contributed by atoms with van der Waals surface area (Å²) in [5.41, 5.74) is 3.89. The molecule has 0 spiro atoms. The average Bonchev–Trinajstić information content (AvgIpc) is 3.10. The van der Waals surface area contributed by atoms with Crippen molar-refractivity contribution in [2.45, 2.75) is 19.5 Å². The van der Waals surface area contributed by atoms with E-state index in [9.17, 15) is 4.79 Å². The Morgan fingerprint density at radius 2 is 2.00 bits per heavy atom. The van der Waals surface area contributed by atoms with Crippen molar-refractivity contribution in [2.24, 2.45) is 7.05 Å². The lowest BCUT2D eigenvalue weighted by atomic mass is 10.1. The molecule has 1 aromatic carbocycles. The normalized spacial score (nSPS) is 13.7. The molecule has 0 atom stereocenters. The third-order valence-corrected chi connectivity index (χ3v) is 4.93. The standard InChI is InChI=1S/C22H22N4O/c1-24-12-5-9-19(24)10-6-13-25-14-11-21-20(16-25)22(27)26(17-23-21)15-18-7-3-2-4-8-18/h2-5,7-9,12,17H,11,13-16H2,1H3. The minimum Gasteiger partial charge on any atom is -0.344 e. The van der Waals surface area contributed by atoms with Gasteiger partial charge in [0.25, 0.3) is 5.56 Å². The van der Waals surface area contributed by atoms with Crippen molar-refractivity contribution in [2.75, 3.05) is 13.1 Å². The average molecular weight is 358 g/mol. The summed E-state index contributed by atoms with van der Waals surface area (Å²) in [7, 11) is 1.99. The van der Waals surface area contributed by atoms with Crippen molar-refractivity contribution in [3.8, 4) is 11.8 Å². The monoisotopic (exact) mass is 358 g/mol. The summed E-state index contributed by atoms with van der Waals surface area (Å²) in [5, 5.41) is 0. The Morgan fingerprint density at radius 1 is 1.15 bits per heavy atom. The third-order valence-electron chi connectivity index (χ3n) is 4.93. The number of hydrogen-bond acceptors (Lipinski definition) is 3. The fraction of sp³-hybridized carbons (Fsp3) is 0.273. The van der Waals surface area contributed by atoms with Crippen LogP contribution < -0.4 is 5.56 Å². The maximum Gasteiger partial charge on any atom is 0.258 e. The number of rotatable bonds is 3. The van der Waals surface area contributed by atoms with Crippen LogP contribution in [0.15, 0.2) is 59.8 Å². The van der Waals surface area contributed by atoms with Gasteiger partial charge in [-0.1, -0.05) is 36.3 Å². The van der Waals surface area contributed by atoms with Crippen molar-refractivity contribution in [1.29, 1.82) is 0 Å². The van der Waals surface area contributed by atoms with E-state index in [1.54, 1.807) is 10.9 Å². The third kappa shape index (κ3) is 3.86. The van der Waals surface area contributed by atoms with E-state index >= 15 is 0 Å².